The lowest BCUT2D eigenvalue weighted by molar-refractivity contribution is -0.128. The quantitative estimate of drug-likeness (QED) is 0.736. The predicted octanol–water partition coefficient (Wildman–Crippen LogP) is 4.07. The van der Waals surface area contributed by atoms with Gasteiger partial charge in [0.2, 0.25) is 5.91 Å². The van der Waals surface area contributed by atoms with E-state index in [2.05, 4.69) is 16.0 Å². The van der Waals surface area contributed by atoms with Crippen LogP contribution in [0.1, 0.15) is 37.9 Å². The van der Waals surface area contributed by atoms with Gasteiger partial charge in [-0.1, -0.05) is 36.9 Å². The van der Waals surface area contributed by atoms with E-state index in [9.17, 15) is 9.59 Å². The molecule has 1 fully saturated rings. The summed E-state index contributed by atoms with van der Waals surface area (Å²) in [7, 11) is 0. The van der Waals surface area contributed by atoms with Crippen LogP contribution in [0.25, 0.3) is 0 Å². The molecule has 1 aliphatic rings. The molecule has 0 saturated heterocycles. The Morgan fingerprint density at radius 3 is 2.62 bits per heavy atom. The molecule has 6 nitrogen and oxygen atoms in total. The second-order valence-corrected chi connectivity index (χ2v) is 6.93. The van der Waals surface area contributed by atoms with E-state index in [4.69, 9.17) is 16.0 Å². The van der Waals surface area contributed by atoms with Crippen molar-refractivity contribution < 1.29 is 14.0 Å². The number of hydrogen-bond donors (Lipinski definition) is 3. The van der Waals surface area contributed by atoms with Crippen LogP contribution < -0.4 is 16.0 Å². The Hall–Kier alpha value is -2.47. The lowest BCUT2D eigenvalue weighted by Crippen LogP contribution is -2.60. The molecule has 0 spiro atoms. The summed E-state index contributed by atoms with van der Waals surface area (Å²) in [5, 5.41) is 9.05. The van der Waals surface area contributed by atoms with Crippen LogP contribution in [0.2, 0.25) is 5.02 Å². The minimum atomic E-state index is -0.909. The molecule has 3 rings (SSSR count). The maximum absolute atomic E-state index is 12.8. The number of benzene rings is 1. The molecule has 1 aliphatic carbocycles. The number of furan rings is 1. The average Bonchev–Trinajstić information content (AvgIpc) is 3.14. The lowest BCUT2D eigenvalue weighted by atomic mass is 9.81. The lowest BCUT2D eigenvalue weighted by Gasteiger charge is -2.36. The van der Waals surface area contributed by atoms with Gasteiger partial charge in [-0.05, 0) is 43.2 Å². The van der Waals surface area contributed by atoms with E-state index in [0.29, 0.717) is 35.9 Å². The van der Waals surface area contributed by atoms with Gasteiger partial charge < -0.3 is 20.4 Å². The molecule has 138 valence electrons. The standard InChI is InChI=1S/C19H22ClN3O3/c20-14-6-4-7-15(12-14)22-18(25)23-19(9-2-1-3-10-19)17(24)21-13-16-8-5-11-26-16/h4-8,11-12H,1-3,9-10,13H2,(H,21,24)(H2,22,23,25). The second-order valence-electron chi connectivity index (χ2n) is 6.49. The van der Waals surface area contributed by atoms with E-state index >= 15 is 0 Å². The Kier molecular flexibility index (Phi) is 5.83. The molecule has 26 heavy (non-hydrogen) atoms. The van der Waals surface area contributed by atoms with Crippen LogP contribution in [0.4, 0.5) is 10.5 Å². The monoisotopic (exact) mass is 375 g/mol. The number of hydrogen-bond acceptors (Lipinski definition) is 3. The van der Waals surface area contributed by atoms with E-state index in [1.54, 1.807) is 42.7 Å². The zero-order valence-corrected chi connectivity index (χ0v) is 15.1. The molecule has 0 unspecified atom stereocenters. The molecule has 1 heterocycles. The first-order chi connectivity index (χ1) is 12.6. The number of rotatable bonds is 5. The number of halogens is 1. The van der Waals surface area contributed by atoms with Crippen molar-refractivity contribution in [3.05, 3.63) is 53.4 Å². The van der Waals surface area contributed by atoms with Crippen molar-refractivity contribution in [3.63, 3.8) is 0 Å². The van der Waals surface area contributed by atoms with E-state index in [-0.39, 0.29) is 5.91 Å². The normalized spacial score (nSPS) is 15.9. The molecular weight excluding hydrogens is 354 g/mol. The third-order valence-electron chi connectivity index (χ3n) is 4.58. The van der Waals surface area contributed by atoms with Crippen LogP contribution in [0, 0.1) is 0 Å². The molecule has 0 bridgehead atoms. The SMILES string of the molecule is O=C(Nc1cccc(Cl)c1)NC1(C(=O)NCc2ccco2)CCCCC1. The highest BCUT2D eigenvalue weighted by atomic mass is 35.5. The molecule has 7 heteroatoms. The van der Waals surface area contributed by atoms with Crippen molar-refractivity contribution in [2.24, 2.45) is 0 Å². The Labute approximate surface area is 157 Å². The maximum atomic E-state index is 12.8. The van der Waals surface area contributed by atoms with Gasteiger partial charge in [0.25, 0.3) is 0 Å². The van der Waals surface area contributed by atoms with E-state index in [1.165, 1.54) is 0 Å². The van der Waals surface area contributed by atoms with E-state index < -0.39 is 11.6 Å². The zero-order valence-electron chi connectivity index (χ0n) is 14.4. The number of carbonyl (C=O) groups excluding carboxylic acids is 2. The summed E-state index contributed by atoms with van der Waals surface area (Å²) in [5.41, 5.74) is -0.329. The molecule has 3 amide bonds. The van der Waals surface area contributed by atoms with Gasteiger partial charge in [-0.2, -0.15) is 0 Å². The van der Waals surface area contributed by atoms with Crippen molar-refractivity contribution in [3.8, 4) is 0 Å². The van der Waals surface area contributed by atoms with Gasteiger partial charge in [0, 0.05) is 10.7 Å². The zero-order chi connectivity index (χ0) is 18.4. The van der Waals surface area contributed by atoms with Gasteiger partial charge >= 0.3 is 6.03 Å². The number of carbonyl (C=O) groups is 2. The van der Waals surface area contributed by atoms with Crippen molar-refractivity contribution in [2.75, 3.05) is 5.32 Å². The number of anilines is 1. The predicted molar refractivity (Wildman–Crippen MR) is 100.0 cm³/mol. The van der Waals surface area contributed by atoms with Crippen molar-refractivity contribution >= 4 is 29.2 Å². The summed E-state index contributed by atoms with van der Waals surface area (Å²) in [6, 6.07) is 10.0. The summed E-state index contributed by atoms with van der Waals surface area (Å²) in [5.74, 6) is 0.488. The van der Waals surface area contributed by atoms with E-state index in [1.807, 2.05) is 0 Å². The molecule has 1 aromatic heterocycles. The van der Waals surface area contributed by atoms with Gasteiger partial charge in [-0.3, -0.25) is 4.79 Å². The molecule has 3 N–H and O–H groups in total. The van der Waals surface area contributed by atoms with Gasteiger partial charge in [0.15, 0.2) is 0 Å². The largest absolute Gasteiger partial charge is 0.467 e. The Bertz CT molecular complexity index is 755. The number of nitrogens with one attached hydrogen (secondary N) is 3. The maximum Gasteiger partial charge on any atom is 0.320 e. The molecule has 0 radical (unpaired) electrons. The van der Waals surface area contributed by atoms with Crippen LogP contribution >= 0.6 is 11.6 Å². The summed E-state index contributed by atoms with van der Waals surface area (Å²) in [6.45, 7) is 0.297. The van der Waals surface area contributed by atoms with Crippen LogP contribution in [-0.4, -0.2) is 17.5 Å². The van der Waals surface area contributed by atoms with Gasteiger partial charge in [0.1, 0.15) is 11.3 Å². The minimum absolute atomic E-state index is 0.185. The molecule has 0 atom stereocenters. The topological polar surface area (TPSA) is 83.4 Å². The smallest absolute Gasteiger partial charge is 0.320 e. The van der Waals surface area contributed by atoms with E-state index in [0.717, 1.165) is 19.3 Å². The Balaban J connectivity index is 1.66. The first-order valence-corrected chi connectivity index (χ1v) is 9.11. The summed E-state index contributed by atoms with van der Waals surface area (Å²) >= 11 is 5.94. The highest BCUT2D eigenvalue weighted by molar-refractivity contribution is 6.30. The number of urea groups is 1. The first kappa shape index (κ1) is 18.3. The third kappa shape index (κ3) is 4.58. The fraction of sp³-hybridized carbons (Fsp3) is 0.368. The van der Waals surface area contributed by atoms with Crippen LogP contribution in [-0.2, 0) is 11.3 Å². The molecule has 1 aromatic carbocycles. The summed E-state index contributed by atoms with van der Waals surface area (Å²) in [6.07, 6.45) is 5.64. The molecule has 0 aliphatic heterocycles. The van der Waals surface area contributed by atoms with Crippen molar-refractivity contribution in [1.29, 1.82) is 0 Å². The summed E-state index contributed by atoms with van der Waals surface area (Å²) < 4.78 is 5.25. The van der Waals surface area contributed by atoms with Gasteiger partial charge in [0.05, 0.1) is 12.8 Å². The summed E-state index contributed by atoms with van der Waals surface area (Å²) in [4.78, 5) is 25.3. The van der Waals surface area contributed by atoms with Crippen molar-refractivity contribution in [2.45, 2.75) is 44.2 Å². The first-order valence-electron chi connectivity index (χ1n) is 8.73. The van der Waals surface area contributed by atoms with Crippen LogP contribution in [0.15, 0.2) is 47.1 Å². The highest BCUT2D eigenvalue weighted by Crippen LogP contribution is 2.29. The highest BCUT2D eigenvalue weighted by Gasteiger charge is 2.40. The fourth-order valence-electron chi connectivity index (χ4n) is 3.26. The Morgan fingerprint density at radius 1 is 1.12 bits per heavy atom. The second kappa shape index (κ2) is 8.27. The third-order valence-corrected chi connectivity index (χ3v) is 4.82. The van der Waals surface area contributed by atoms with Gasteiger partial charge in [-0.25, -0.2) is 4.79 Å². The van der Waals surface area contributed by atoms with Crippen LogP contribution in [0.5, 0.6) is 0 Å². The van der Waals surface area contributed by atoms with Crippen LogP contribution in [0.3, 0.4) is 0 Å². The molecular formula is C19H22ClN3O3. The minimum Gasteiger partial charge on any atom is -0.467 e. The molecule has 2 aromatic rings. The van der Waals surface area contributed by atoms with Crippen molar-refractivity contribution in [1.82, 2.24) is 10.6 Å². The fourth-order valence-corrected chi connectivity index (χ4v) is 3.45. The molecule has 1 saturated carbocycles. The number of amides is 3. The van der Waals surface area contributed by atoms with Gasteiger partial charge in [-0.15, -0.1) is 0 Å². The average molecular weight is 376 g/mol. The Morgan fingerprint density at radius 2 is 1.92 bits per heavy atom.